The molecule has 0 fully saturated rings. The summed E-state index contributed by atoms with van der Waals surface area (Å²) >= 11 is 0. The minimum atomic E-state index is 0.589. The molecule has 1 aliphatic rings. The molecule has 1 aliphatic heterocycles. The molecule has 0 atom stereocenters. The number of ether oxygens (including phenoxy) is 1. The van der Waals surface area contributed by atoms with Crippen LogP contribution in [0.3, 0.4) is 0 Å². The van der Waals surface area contributed by atoms with E-state index in [0.717, 1.165) is 24.3 Å². The second-order valence-electron chi connectivity index (χ2n) is 3.85. The normalized spacial score (nSPS) is 14.2. The van der Waals surface area contributed by atoms with Gasteiger partial charge in [-0.15, -0.1) is 0 Å². The highest BCUT2D eigenvalue weighted by Gasteiger charge is 2.10. The van der Waals surface area contributed by atoms with E-state index in [1.54, 1.807) is 0 Å². The van der Waals surface area contributed by atoms with E-state index in [-0.39, 0.29) is 0 Å². The predicted octanol–water partition coefficient (Wildman–Crippen LogP) is 3.17. The molecule has 84 valence electrons. The Bertz CT molecular complexity index is 421. The maximum atomic E-state index is 5.71. The Hall–Kier alpha value is -1.70. The number of allylic oxidation sites excluding steroid dienone is 1. The van der Waals surface area contributed by atoms with Crippen molar-refractivity contribution in [1.82, 2.24) is 0 Å². The first-order valence-corrected chi connectivity index (χ1v) is 5.60. The summed E-state index contributed by atoms with van der Waals surface area (Å²) in [6.45, 7) is 7.36. The SMILES string of the molecule is C=C/C(=C\C)COc1ccc2c(c1)CCN2. The quantitative estimate of drug-likeness (QED) is 0.779. The van der Waals surface area contributed by atoms with Crippen LogP contribution in [0.1, 0.15) is 12.5 Å². The Morgan fingerprint density at radius 2 is 2.44 bits per heavy atom. The molecule has 0 saturated carbocycles. The first-order chi connectivity index (χ1) is 7.83. The van der Waals surface area contributed by atoms with Gasteiger partial charge in [0.15, 0.2) is 0 Å². The Morgan fingerprint density at radius 3 is 3.19 bits per heavy atom. The van der Waals surface area contributed by atoms with Crippen molar-refractivity contribution in [3.05, 3.63) is 48.1 Å². The van der Waals surface area contributed by atoms with E-state index in [0.29, 0.717) is 6.61 Å². The van der Waals surface area contributed by atoms with Gasteiger partial charge in [0, 0.05) is 12.2 Å². The van der Waals surface area contributed by atoms with E-state index in [9.17, 15) is 0 Å². The van der Waals surface area contributed by atoms with Gasteiger partial charge < -0.3 is 10.1 Å². The first-order valence-electron chi connectivity index (χ1n) is 5.60. The summed E-state index contributed by atoms with van der Waals surface area (Å²) in [4.78, 5) is 0. The molecule has 2 nitrogen and oxygen atoms in total. The highest BCUT2D eigenvalue weighted by Crippen LogP contribution is 2.26. The van der Waals surface area contributed by atoms with Gasteiger partial charge >= 0.3 is 0 Å². The predicted molar refractivity (Wildman–Crippen MR) is 68.1 cm³/mol. The molecule has 1 aromatic rings. The van der Waals surface area contributed by atoms with Gasteiger partial charge in [-0.3, -0.25) is 0 Å². The first kappa shape index (κ1) is 10.8. The molecule has 16 heavy (non-hydrogen) atoms. The van der Waals surface area contributed by atoms with Crippen molar-refractivity contribution in [1.29, 1.82) is 0 Å². The van der Waals surface area contributed by atoms with Crippen molar-refractivity contribution in [3.8, 4) is 5.75 Å². The van der Waals surface area contributed by atoms with E-state index in [1.165, 1.54) is 11.3 Å². The summed E-state index contributed by atoms with van der Waals surface area (Å²) < 4.78 is 5.71. The molecule has 2 rings (SSSR count). The Balaban J connectivity index is 2.03. The highest BCUT2D eigenvalue weighted by molar-refractivity contribution is 5.57. The molecule has 0 saturated heterocycles. The molecule has 0 radical (unpaired) electrons. The average Bonchev–Trinajstić information content (AvgIpc) is 2.77. The summed E-state index contributed by atoms with van der Waals surface area (Å²) in [6.07, 6.45) is 4.93. The van der Waals surface area contributed by atoms with E-state index in [2.05, 4.69) is 24.0 Å². The fraction of sp³-hybridized carbons (Fsp3) is 0.286. The van der Waals surface area contributed by atoms with Crippen LogP contribution in [0.25, 0.3) is 0 Å². The van der Waals surface area contributed by atoms with Gasteiger partial charge in [-0.05, 0) is 42.7 Å². The summed E-state index contributed by atoms with van der Waals surface area (Å²) in [5.74, 6) is 0.934. The van der Waals surface area contributed by atoms with E-state index >= 15 is 0 Å². The van der Waals surface area contributed by atoms with E-state index in [1.807, 2.05) is 25.1 Å². The summed E-state index contributed by atoms with van der Waals surface area (Å²) in [5, 5.41) is 3.33. The highest BCUT2D eigenvalue weighted by atomic mass is 16.5. The van der Waals surface area contributed by atoms with E-state index in [4.69, 9.17) is 4.74 Å². The second-order valence-corrected chi connectivity index (χ2v) is 3.85. The summed E-state index contributed by atoms with van der Waals surface area (Å²) in [7, 11) is 0. The zero-order valence-electron chi connectivity index (χ0n) is 9.62. The molecule has 1 aromatic carbocycles. The van der Waals surface area contributed by atoms with E-state index < -0.39 is 0 Å². The van der Waals surface area contributed by atoms with Gasteiger partial charge in [0.2, 0.25) is 0 Å². The molecule has 0 aliphatic carbocycles. The molecule has 0 bridgehead atoms. The number of hydrogen-bond acceptors (Lipinski definition) is 2. The van der Waals surface area contributed by atoms with Crippen LogP contribution in [-0.4, -0.2) is 13.2 Å². The van der Waals surface area contributed by atoms with Crippen LogP contribution in [0.5, 0.6) is 5.75 Å². The molecule has 0 unspecified atom stereocenters. The maximum Gasteiger partial charge on any atom is 0.120 e. The number of hydrogen-bond donors (Lipinski definition) is 1. The number of anilines is 1. The van der Waals surface area contributed by atoms with Crippen LogP contribution in [0.2, 0.25) is 0 Å². The Morgan fingerprint density at radius 1 is 1.56 bits per heavy atom. The minimum Gasteiger partial charge on any atom is -0.489 e. The van der Waals surface area contributed by atoms with Gasteiger partial charge in [0.25, 0.3) is 0 Å². The van der Waals surface area contributed by atoms with Gasteiger partial charge in [-0.25, -0.2) is 0 Å². The van der Waals surface area contributed by atoms with Crippen LogP contribution in [0, 0.1) is 0 Å². The molecule has 0 aromatic heterocycles. The maximum absolute atomic E-state index is 5.71. The molecule has 0 amide bonds. The Kier molecular flexibility index (Phi) is 3.30. The number of fused-ring (bicyclic) bond motifs is 1. The van der Waals surface area contributed by atoms with Crippen molar-refractivity contribution in [2.75, 3.05) is 18.5 Å². The lowest BCUT2D eigenvalue weighted by atomic mass is 10.1. The average molecular weight is 215 g/mol. The lowest BCUT2D eigenvalue weighted by molar-refractivity contribution is 0.355. The third-order valence-electron chi connectivity index (χ3n) is 2.82. The Labute approximate surface area is 96.6 Å². The van der Waals surface area contributed by atoms with Crippen LogP contribution < -0.4 is 10.1 Å². The smallest absolute Gasteiger partial charge is 0.120 e. The number of rotatable bonds is 4. The lowest BCUT2D eigenvalue weighted by Gasteiger charge is -2.08. The largest absolute Gasteiger partial charge is 0.489 e. The van der Waals surface area contributed by atoms with Crippen LogP contribution in [0.4, 0.5) is 5.69 Å². The van der Waals surface area contributed by atoms with Crippen molar-refractivity contribution >= 4 is 5.69 Å². The molecule has 0 spiro atoms. The monoisotopic (exact) mass is 215 g/mol. The standard InChI is InChI=1S/C14H17NO/c1-3-11(4-2)10-16-13-5-6-14-12(9-13)7-8-15-14/h3-6,9,15H,1,7-8,10H2,2H3/b11-4+. The topological polar surface area (TPSA) is 21.3 Å². The van der Waals surface area contributed by atoms with Crippen molar-refractivity contribution < 1.29 is 4.74 Å². The van der Waals surface area contributed by atoms with Gasteiger partial charge in [0.1, 0.15) is 12.4 Å². The van der Waals surface area contributed by atoms with Crippen molar-refractivity contribution in [3.63, 3.8) is 0 Å². The molecular weight excluding hydrogens is 198 g/mol. The van der Waals surface area contributed by atoms with Gasteiger partial charge in [-0.1, -0.05) is 18.7 Å². The zero-order valence-corrected chi connectivity index (χ0v) is 9.62. The van der Waals surface area contributed by atoms with Gasteiger partial charge in [0.05, 0.1) is 0 Å². The fourth-order valence-corrected chi connectivity index (χ4v) is 1.80. The summed E-state index contributed by atoms with van der Waals surface area (Å²) in [6, 6.07) is 6.21. The van der Waals surface area contributed by atoms with Gasteiger partial charge in [-0.2, -0.15) is 0 Å². The van der Waals surface area contributed by atoms with Crippen molar-refractivity contribution in [2.24, 2.45) is 0 Å². The van der Waals surface area contributed by atoms with Crippen LogP contribution in [-0.2, 0) is 6.42 Å². The summed E-state index contributed by atoms with van der Waals surface area (Å²) in [5.41, 5.74) is 3.69. The minimum absolute atomic E-state index is 0.589. The molecular formula is C14H17NO. The number of benzene rings is 1. The molecule has 1 N–H and O–H groups in total. The van der Waals surface area contributed by atoms with Crippen LogP contribution in [0.15, 0.2) is 42.5 Å². The third kappa shape index (κ3) is 2.27. The third-order valence-corrected chi connectivity index (χ3v) is 2.82. The molecule has 2 heteroatoms. The zero-order chi connectivity index (χ0) is 11.4. The van der Waals surface area contributed by atoms with Crippen molar-refractivity contribution in [2.45, 2.75) is 13.3 Å². The second kappa shape index (κ2) is 4.88. The lowest BCUT2D eigenvalue weighted by Crippen LogP contribution is -1.99. The van der Waals surface area contributed by atoms with Crippen LogP contribution >= 0.6 is 0 Å². The molecule has 1 heterocycles. The number of nitrogens with one attached hydrogen (secondary N) is 1. The fourth-order valence-electron chi connectivity index (χ4n) is 1.80.